The second-order valence-electron chi connectivity index (χ2n) is 8.11. The fraction of sp³-hybridized carbons (Fsp3) is 0.522. The number of anilines is 1. The first-order valence-corrected chi connectivity index (χ1v) is 10.8. The van der Waals surface area contributed by atoms with Gasteiger partial charge in [-0.2, -0.15) is 0 Å². The predicted octanol–water partition coefficient (Wildman–Crippen LogP) is 4.16. The van der Waals surface area contributed by atoms with Gasteiger partial charge in [0.2, 0.25) is 5.95 Å². The Hall–Kier alpha value is -2.47. The van der Waals surface area contributed by atoms with E-state index in [0.717, 1.165) is 17.7 Å². The molecular weight excluding hydrogens is 364 g/mol. The molecule has 2 heterocycles. The third kappa shape index (κ3) is 4.93. The van der Waals surface area contributed by atoms with E-state index in [1.165, 1.54) is 32.1 Å². The van der Waals surface area contributed by atoms with Crippen LogP contribution in [0.3, 0.4) is 0 Å². The maximum Gasteiger partial charge on any atom is 0.257 e. The van der Waals surface area contributed by atoms with Crippen molar-refractivity contribution >= 4 is 11.9 Å². The molecule has 2 aromatic rings. The summed E-state index contributed by atoms with van der Waals surface area (Å²) in [6.07, 6.45) is 8.20. The van der Waals surface area contributed by atoms with E-state index in [1.54, 1.807) is 6.20 Å². The van der Waals surface area contributed by atoms with Crippen LogP contribution >= 0.6 is 0 Å². The number of nitrogens with one attached hydrogen (secondary N) is 1. The number of hydrogen-bond acceptors (Lipinski definition) is 5. The van der Waals surface area contributed by atoms with Gasteiger partial charge in [0.1, 0.15) is 0 Å². The molecule has 0 bridgehead atoms. The first-order valence-electron chi connectivity index (χ1n) is 10.8. The molecule has 2 fully saturated rings. The quantitative estimate of drug-likeness (QED) is 0.822. The standard InChI is InChI=1S/C23H30N4O2.H2/c1-17-6-5-9-19(14-17)21-20(22(28)27-10-12-29-13-11-27)16-25-23(26-21)24-15-18-7-3-2-4-8-18;/h5-6,9,14,16,18H,2-4,7-8,10-13,15H2,1H3,(H,24,25,26);1H. The number of benzene rings is 1. The van der Waals surface area contributed by atoms with Crippen molar-refractivity contribution in [2.24, 2.45) is 5.92 Å². The molecule has 0 spiro atoms. The van der Waals surface area contributed by atoms with Gasteiger partial charge in [-0.25, -0.2) is 9.97 Å². The van der Waals surface area contributed by atoms with E-state index in [4.69, 9.17) is 9.72 Å². The normalized spacial score (nSPS) is 17.9. The summed E-state index contributed by atoms with van der Waals surface area (Å²) in [6.45, 7) is 5.31. The molecule has 156 valence electrons. The van der Waals surface area contributed by atoms with E-state index in [1.807, 2.05) is 17.0 Å². The van der Waals surface area contributed by atoms with Crippen molar-refractivity contribution in [3.63, 3.8) is 0 Å². The van der Waals surface area contributed by atoms with E-state index in [2.05, 4.69) is 29.4 Å². The smallest absolute Gasteiger partial charge is 0.257 e. The summed E-state index contributed by atoms with van der Waals surface area (Å²) in [7, 11) is 0. The first-order chi connectivity index (χ1) is 14.2. The van der Waals surface area contributed by atoms with Gasteiger partial charge in [0.15, 0.2) is 0 Å². The summed E-state index contributed by atoms with van der Waals surface area (Å²) >= 11 is 0. The Balaban J connectivity index is 0.00000256. The van der Waals surface area contributed by atoms with E-state index >= 15 is 0 Å². The van der Waals surface area contributed by atoms with Gasteiger partial charge in [-0.1, -0.05) is 43.0 Å². The summed E-state index contributed by atoms with van der Waals surface area (Å²) in [5.41, 5.74) is 3.35. The van der Waals surface area contributed by atoms with Gasteiger partial charge in [0, 0.05) is 32.8 Å². The molecule has 1 saturated carbocycles. The van der Waals surface area contributed by atoms with Crippen LogP contribution in [0.4, 0.5) is 5.95 Å². The number of rotatable bonds is 5. The first kappa shape index (κ1) is 19.8. The molecule has 6 heteroatoms. The molecule has 2 aliphatic rings. The minimum absolute atomic E-state index is 0. The number of carbonyl (C=O) groups is 1. The van der Waals surface area contributed by atoms with E-state index in [-0.39, 0.29) is 7.33 Å². The van der Waals surface area contributed by atoms with E-state index in [9.17, 15) is 4.79 Å². The molecule has 0 unspecified atom stereocenters. The fourth-order valence-electron chi connectivity index (χ4n) is 4.20. The minimum atomic E-state index is -0.0244. The Morgan fingerprint density at radius 3 is 2.79 bits per heavy atom. The molecule has 4 rings (SSSR count). The lowest BCUT2D eigenvalue weighted by molar-refractivity contribution is 0.0303. The molecule has 1 amide bonds. The van der Waals surface area contributed by atoms with Gasteiger partial charge < -0.3 is 15.0 Å². The van der Waals surface area contributed by atoms with Gasteiger partial charge in [-0.3, -0.25) is 4.79 Å². The van der Waals surface area contributed by atoms with Crippen molar-refractivity contribution in [3.05, 3.63) is 41.6 Å². The van der Waals surface area contributed by atoms with Crippen molar-refractivity contribution in [1.82, 2.24) is 14.9 Å². The third-order valence-corrected chi connectivity index (χ3v) is 5.88. The zero-order valence-corrected chi connectivity index (χ0v) is 17.2. The van der Waals surface area contributed by atoms with Gasteiger partial charge >= 0.3 is 0 Å². The average molecular weight is 397 g/mol. The molecule has 1 aromatic heterocycles. The lowest BCUT2D eigenvalue weighted by Gasteiger charge is -2.27. The number of aryl methyl sites for hydroxylation is 1. The second kappa shape index (κ2) is 9.35. The number of ether oxygens (including phenoxy) is 1. The van der Waals surface area contributed by atoms with Crippen LogP contribution in [-0.2, 0) is 4.74 Å². The van der Waals surface area contributed by atoms with Crippen molar-refractivity contribution in [1.29, 1.82) is 0 Å². The summed E-state index contributed by atoms with van der Waals surface area (Å²) in [4.78, 5) is 24.3. The molecule has 1 saturated heterocycles. The highest BCUT2D eigenvalue weighted by Gasteiger charge is 2.24. The lowest BCUT2D eigenvalue weighted by atomic mass is 9.89. The van der Waals surface area contributed by atoms with Crippen LogP contribution in [0, 0.1) is 12.8 Å². The van der Waals surface area contributed by atoms with Crippen LogP contribution in [-0.4, -0.2) is 53.6 Å². The number of carbonyl (C=O) groups excluding carboxylic acids is 1. The van der Waals surface area contributed by atoms with Crippen LogP contribution in [0.1, 0.15) is 49.5 Å². The van der Waals surface area contributed by atoms with Crippen molar-refractivity contribution in [2.45, 2.75) is 39.0 Å². The maximum atomic E-state index is 13.2. The van der Waals surface area contributed by atoms with Crippen molar-refractivity contribution in [3.8, 4) is 11.3 Å². The van der Waals surface area contributed by atoms with Crippen LogP contribution in [0.5, 0.6) is 0 Å². The summed E-state index contributed by atoms with van der Waals surface area (Å²) in [6, 6.07) is 8.14. The van der Waals surface area contributed by atoms with Gasteiger partial charge in [0.05, 0.1) is 24.5 Å². The fourth-order valence-corrected chi connectivity index (χ4v) is 4.20. The van der Waals surface area contributed by atoms with Crippen molar-refractivity contribution in [2.75, 3.05) is 38.2 Å². The summed E-state index contributed by atoms with van der Waals surface area (Å²) < 4.78 is 5.39. The van der Waals surface area contributed by atoms with E-state index < -0.39 is 0 Å². The van der Waals surface area contributed by atoms with Crippen molar-refractivity contribution < 1.29 is 11.0 Å². The van der Waals surface area contributed by atoms with Crippen LogP contribution in [0.15, 0.2) is 30.5 Å². The largest absolute Gasteiger partial charge is 0.378 e. The molecule has 29 heavy (non-hydrogen) atoms. The summed E-state index contributed by atoms with van der Waals surface area (Å²) in [5.74, 6) is 1.26. The molecular formula is C23H32N4O2. The topological polar surface area (TPSA) is 67.4 Å². The van der Waals surface area contributed by atoms with Gasteiger partial charge in [0.25, 0.3) is 5.91 Å². The zero-order chi connectivity index (χ0) is 20.1. The highest BCUT2D eigenvalue weighted by Crippen LogP contribution is 2.26. The molecule has 1 aliphatic carbocycles. The van der Waals surface area contributed by atoms with Crippen LogP contribution in [0.25, 0.3) is 11.3 Å². The molecule has 1 aromatic carbocycles. The summed E-state index contributed by atoms with van der Waals surface area (Å²) in [5, 5.41) is 3.42. The van der Waals surface area contributed by atoms with Gasteiger partial charge in [-0.15, -0.1) is 0 Å². The Bertz CT molecular complexity index is 849. The monoisotopic (exact) mass is 396 g/mol. The Labute approximate surface area is 174 Å². The average Bonchev–Trinajstić information content (AvgIpc) is 2.78. The number of morpholine rings is 1. The molecule has 6 nitrogen and oxygen atoms in total. The number of amides is 1. The number of hydrogen-bond donors (Lipinski definition) is 1. The Kier molecular flexibility index (Phi) is 6.39. The van der Waals surface area contributed by atoms with Gasteiger partial charge in [-0.05, 0) is 31.7 Å². The van der Waals surface area contributed by atoms with Crippen LogP contribution < -0.4 is 5.32 Å². The van der Waals surface area contributed by atoms with E-state index in [0.29, 0.717) is 49.4 Å². The predicted molar refractivity (Wildman–Crippen MR) is 116 cm³/mol. The third-order valence-electron chi connectivity index (χ3n) is 5.88. The SMILES string of the molecule is Cc1cccc(-c2nc(NCC3CCCCC3)ncc2C(=O)N2CCOCC2)c1.[HH]. The highest BCUT2D eigenvalue weighted by atomic mass is 16.5. The number of nitrogens with zero attached hydrogens (tertiary/aromatic N) is 3. The molecule has 1 aliphatic heterocycles. The zero-order valence-electron chi connectivity index (χ0n) is 17.2. The Morgan fingerprint density at radius 1 is 1.24 bits per heavy atom. The Morgan fingerprint density at radius 2 is 2.03 bits per heavy atom. The maximum absolute atomic E-state index is 13.2. The minimum Gasteiger partial charge on any atom is -0.378 e. The number of aromatic nitrogens is 2. The molecule has 1 N–H and O–H groups in total. The molecule has 0 atom stereocenters. The molecule has 0 radical (unpaired) electrons. The lowest BCUT2D eigenvalue weighted by Crippen LogP contribution is -2.41. The second-order valence-corrected chi connectivity index (χ2v) is 8.11. The van der Waals surface area contributed by atoms with Crippen LogP contribution in [0.2, 0.25) is 0 Å². The highest BCUT2D eigenvalue weighted by molar-refractivity contribution is 6.00.